The van der Waals surface area contributed by atoms with Crippen LogP contribution in [-0.2, 0) is 16.0 Å². The first-order valence-corrected chi connectivity index (χ1v) is 12.4. The molecule has 1 heterocycles. The normalized spacial score (nSPS) is 10.8. The summed E-state index contributed by atoms with van der Waals surface area (Å²) in [4.78, 5) is 27.6. The van der Waals surface area contributed by atoms with Crippen LogP contribution in [0, 0.1) is 0 Å². The molecule has 0 aliphatic rings. The van der Waals surface area contributed by atoms with Crippen LogP contribution in [0.2, 0.25) is 0 Å². The number of hydrogen-bond acceptors (Lipinski definition) is 6. The van der Waals surface area contributed by atoms with Crippen LogP contribution in [-0.4, -0.2) is 48.4 Å². The van der Waals surface area contributed by atoms with Crippen molar-refractivity contribution >= 4 is 17.6 Å². The molecule has 0 spiro atoms. The number of anilines is 1. The summed E-state index contributed by atoms with van der Waals surface area (Å²) in [6, 6.07) is 24.9. The van der Waals surface area contributed by atoms with Gasteiger partial charge in [-0.1, -0.05) is 54.6 Å². The van der Waals surface area contributed by atoms with Crippen LogP contribution >= 0.6 is 0 Å². The molecule has 0 fully saturated rings. The smallest absolute Gasteiger partial charge is 0.246 e. The Morgan fingerprint density at radius 1 is 0.895 bits per heavy atom. The van der Waals surface area contributed by atoms with Gasteiger partial charge in [0.1, 0.15) is 0 Å². The Morgan fingerprint density at radius 3 is 2.18 bits per heavy atom. The van der Waals surface area contributed by atoms with Crippen molar-refractivity contribution in [2.45, 2.75) is 26.3 Å². The first-order chi connectivity index (χ1) is 18.4. The Morgan fingerprint density at radius 2 is 1.55 bits per heavy atom. The van der Waals surface area contributed by atoms with E-state index in [1.807, 2.05) is 90.3 Å². The van der Waals surface area contributed by atoms with E-state index in [4.69, 9.17) is 14.6 Å². The number of rotatable bonds is 10. The predicted octanol–water partition coefficient (Wildman–Crippen LogP) is 4.66. The Bertz CT molecular complexity index is 1380. The van der Waals surface area contributed by atoms with E-state index < -0.39 is 11.8 Å². The van der Waals surface area contributed by atoms with Gasteiger partial charge in [-0.15, -0.1) is 5.10 Å². The summed E-state index contributed by atoms with van der Waals surface area (Å²) in [5, 5.41) is 7.39. The molecule has 4 rings (SSSR count). The molecule has 38 heavy (non-hydrogen) atoms. The third-order valence-electron chi connectivity index (χ3n) is 6.10. The molecule has 8 heteroatoms. The van der Waals surface area contributed by atoms with Crippen LogP contribution in [0.25, 0.3) is 16.8 Å². The Hall–Kier alpha value is -4.59. The largest absolute Gasteiger partial charge is 0.493 e. The second kappa shape index (κ2) is 12.1. The summed E-state index contributed by atoms with van der Waals surface area (Å²) >= 11 is 0. The molecular weight excluding hydrogens is 480 g/mol. The number of para-hydroxylation sites is 1. The van der Waals surface area contributed by atoms with Gasteiger partial charge in [0.25, 0.3) is 0 Å². The number of ether oxygens (including phenoxy) is 2. The summed E-state index contributed by atoms with van der Waals surface area (Å²) in [6.45, 7) is 3.96. The lowest BCUT2D eigenvalue weighted by molar-refractivity contribution is -0.129. The van der Waals surface area contributed by atoms with Crippen molar-refractivity contribution in [3.8, 4) is 28.3 Å². The van der Waals surface area contributed by atoms with Gasteiger partial charge in [-0.25, -0.2) is 4.68 Å². The molecular formula is C30H32N4O4. The number of aromatic nitrogens is 2. The predicted molar refractivity (Wildman–Crippen MR) is 148 cm³/mol. The van der Waals surface area contributed by atoms with Gasteiger partial charge in [0.2, 0.25) is 11.8 Å². The van der Waals surface area contributed by atoms with Gasteiger partial charge in [0.05, 0.1) is 32.9 Å². The maximum absolute atomic E-state index is 13.0. The molecule has 1 N–H and O–H groups in total. The molecule has 0 saturated carbocycles. The van der Waals surface area contributed by atoms with Crippen LogP contribution in [0.4, 0.5) is 5.82 Å². The maximum Gasteiger partial charge on any atom is 0.246 e. The molecule has 1 aromatic heterocycles. The van der Waals surface area contributed by atoms with E-state index in [0.717, 1.165) is 16.8 Å². The summed E-state index contributed by atoms with van der Waals surface area (Å²) < 4.78 is 12.4. The highest BCUT2D eigenvalue weighted by Crippen LogP contribution is 2.32. The average molecular weight is 513 g/mol. The van der Waals surface area contributed by atoms with E-state index in [2.05, 4.69) is 5.32 Å². The van der Waals surface area contributed by atoms with Gasteiger partial charge >= 0.3 is 0 Å². The second-order valence-corrected chi connectivity index (χ2v) is 9.07. The van der Waals surface area contributed by atoms with E-state index in [1.54, 1.807) is 25.3 Å². The average Bonchev–Trinajstić information content (AvgIpc) is 3.37. The fourth-order valence-electron chi connectivity index (χ4n) is 4.18. The van der Waals surface area contributed by atoms with Crippen molar-refractivity contribution in [2.75, 3.05) is 25.7 Å². The van der Waals surface area contributed by atoms with Gasteiger partial charge in [0, 0.05) is 17.8 Å². The topological polar surface area (TPSA) is 85.7 Å². The highest BCUT2D eigenvalue weighted by atomic mass is 16.5. The molecule has 0 unspecified atom stereocenters. The number of carbonyl (C=O) groups is 2. The number of methoxy groups -OCH3 is 2. The van der Waals surface area contributed by atoms with Crippen molar-refractivity contribution in [3.63, 3.8) is 0 Å². The van der Waals surface area contributed by atoms with Gasteiger partial charge in [-0.05, 0) is 49.2 Å². The SMILES string of the molecule is COc1ccc(CC(=O)NC(=O)CN(c2nn(-c3ccccc3)cc2-c2ccccc2)C(C)C)cc1OC. The van der Waals surface area contributed by atoms with Crippen molar-refractivity contribution in [1.82, 2.24) is 15.1 Å². The number of nitrogens with one attached hydrogen (secondary N) is 1. The summed E-state index contributed by atoms with van der Waals surface area (Å²) in [5.74, 6) is 0.959. The Balaban J connectivity index is 1.55. The minimum atomic E-state index is -0.405. The second-order valence-electron chi connectivity index (χ2n) is 9.07. The number of carbonyl (C=O) groups excluding carboxylic acids is 2. The third kappa shape index (κ3) is 6.21. The van der Waals surface area contributed by atoms with Gasteiger partial charge < -0.3 is 14.4 Å². The molecule has 8 nitrogen and oxygen atoms in total. The highest BCUT2D eigenvalue weighted by Gasteiger charge is 2.24. The molecule has 0 radical (unpaired) electrons. The molecule has 0 aliphatic heterocycles. The lowest BCUT2D eigenvalue weighted by Crippen LogP contribution is -2.43. The number of amides is 2. The van der Waals surface area contributed by atoms with Crippen molar-refractivity contribution < 1.29 is 19.1 Å². The highest BCUT2D eigenvalue weighted by molar-refractivity contribution is 5.98. The lowest BCUT2D eigenvalue weighted by atomic mass is 10.1. The molecule has 0 bridgehead atoms. The van der Waals surface area contributed by atoms with E-state index in [-0.39, 0.29) is 19.0 Å². The molecule has 0 saturated heterocycles. The standard InChI is InChI=1S/C30H32N4O4/c1-21(2)33(20-29(36)31-28(35)18-22-15-16-26(37-3)27(17-22)38-4)30-25(23-11-7-5-8-12-23)19-34(32-30)24-13-9-6-10-14-24/h5-17,19,21H,18,20H2,1-4H3,(H,31,35,36). The minimum Gasteiger partial charge on any atom is -0.493 e. The number of hydrogen-bond donors (Lipinski definition) is 1. The molecule has 0 atom stereocenters. The number of benzene rings is 3. The first-order valence-electron chi connectivity index (χ1n) is 12.4. The summed E-state index contributed by atoms with van der Waals surface area (Å²) in [7, 11) is 3.09. The molecule has 0 aliphatic carbocycles. The lowest BCUT2D eigenvalue weighted by Gasteiger charge is -2.27. The van der Waals surface area contributed by atoms with E-state index in [9.17, 15) is 9.59 Å². The maximum atomic E-state index is 13.0. The van der Waals surface area contributed by atoms with Gasteiger partial charge in [0.15, 0.2) is 17.3 Å². The van der Waals surface area contributed by atoms with Crippen LogP contribution < -0.4 is 19.7 Å². The number of nitrogens with zero attached hydrogens (tertiary/aromatic N) is 3. The van der Waals surface area contributed by atoms with Crippen LogP contribution in [0.15, 0.2) is 85.1 Å². The summed E-state index contributed by atoms with van der Waals surface area (Å²) in [5.41, 5.74) is 3.50. The molecule has 3 aromatic carbocycles. The fraction of sp³-hybridized carbons (Fsp3) is 0.233. The quantitative estimate of drug-likeness (QED) is 0.333. The zero-order valence-electron chi connectivity index (χ0n) is 22.0. The fourth-order valence-corrected chi connectivity index (χ4v) is 4.18. The van der Waals surface area contributed by atoms with E-state index >= 15 is 0 Å². The van der Waals surface area contributed by atoms with Crippen molar-refractivity contribution in [1.29, 1.82) is 0 Å². The van der Waals surface area contributed by atoms with Crippen molar-refractivity contribution in [3.05, 3.63) is 90.6 Å². The van der Waals surface area contributed by atoms with Crippen molar-refractivity contribution in [2.24, 2.45) is 0 Å². The summed E-state index contributed by atoms with van der Waals surface area (Å²) in [6.07, 6.45) is 2.00. The molecule has 196 valence electrons. The Kier molecular flexibility index (Phi) is 8.43. The van der Waals surface area contributed by atoms with E-state index in [1.165, 1.54) is 7.11 Å². The minimum absolute atomic E-state index is 0.0268. The monoisotopic (exact) mass is 512 g/mol. The first kappa shape index (κ1) is 26.5. The van der Waals surface area contributed by atoms with Gasteiger partial charge in [-0.2, -0.15) is 0 Å². The molecule has 2 amide bonds. The van der Waals surface area contributed by atoms with Crippen LogP contribution in [0.3, 0.4) is 0 Å². The molecule has 4 aromatic rings. The zero-order chi connectivity index (χ0) is 27.1. The Labute approximate surface area is 222 Å². The van der Waals surface area contributed by atoms with Crippen LogP contribution in [0.1, 0.15) is 19.4 Å². The van der Waals surface area contributed by atoms with Gasteiger partial charge in [-0.3, -0.25) is 14.9 Å². The number of imide groups is 1. The van der Waals surface area contributed by atoms with Crippen LogP contribution in [0.5, 0.6) is 11.5 Å². The zero-order valence-corrected chi connectivity index (χ0v) is 22.0. The third-order valence-corrected chi connectivity index (χ3v) is 6.10. The van der Waals surface area contributed by atoms with E-state index in [0.29, 0.717) is 22.9 Å².